The summed E-state index contributed by atoms with van der Waals surface area (Å²) in [5.41, 5.74) is 4.58. The van der Waals surface area contributed by atoms with E-state index in [1.807, 2.05) is 6.92 Å². The molecule has 0 saturated carbocycles. The number of terminal acetylenes is 1. The molecule has 0 amide bonds. The molecule has 214 valence electrons. The topological polar surface area (TPSA) is 131 Å². The van der Waals surface area contributed by atoms with Crippen LogP contribution < -0.4 is 5.73 Å². The molecule has 0 radical (unpaired) electrons. The summed E-state index contributed by atoms with van der Waals surface area (Å²) in [7, 11) is 0. The average molecular weight is 546 g/mol. The molecule has 2 aromatic heterocycles. The number of esters is 2. The summed E-state index contributed by atoms with van der Waals surface area (Å²) in [6.45, 7) is 3.87. The number of nitrogens with two attached hydrogens (primary N) is 1. The lowest BCUT2D eigenvalue weighted by molar-refractivity contribution is -0.166. The van der Waals surface area contributed by atoms with Crippen molar-refractivity contribution in [3.05, 3.63) is 12.4 Å². The lowest BCUT2D eigenvalue weighted by Crippen LogP contribution is -2.45. The molecule has 0 aliphatic carbocycles. The Balaban J connectivity index is 1.69. The number of hydrogen-bond acceptors (Lipinski definition) is 9. The Morgan fingerprint density at radius 3 is 2.46 bits per heavy atom. The van der Waals surface area contributed by atoms with Crippen LogP contribution in [0.4, 0.5) is 10.2 Å². The number of unbranched alkanes of at least 4 members (excludes halogenated alkanes) is 8. The molecule has 0 spiro atoms. The molecule has 1 saturated heterocycles. The number of nitrogen functional groups attached to an aromatic ring is 1. The number of imidazole rings is 1. The van der Waals surface area contributed by atoms with Crippen LogP contribution in [0.1, 0.15) is 104 Å². The number of ether oxygens (including phenoxy) is 3. The highest BCUT2D eigenvalue weighted by molar-refractivity contribution is 5.81. The summed E-state index contributed by atoms with van der Waals surface area (Å²) in [5.74, 6) is 1.63. The predicted octanol–water partition coefficient (Wildman–Crippen LogP) is 5.01. The van der Waals surface area contributed by atoms with Gasteiger partial charge in [0.2, 0.25) is 5.60 Å². The van der Waals surface area contributed by atoms with Crippen molar-refractivity contribution in [1.29, 1.82) is 0 Å². The second-order valence-electron chi connectivity index (χ2n) is 10.0. The molecule has 0 bridgehead atoms. The molecule has 1 aliphatic rings. The third-order valence-corrected chi connectivity index (χ3v) is 6.95. The van der Waals surface area contributed by atoms with Gasteiger partial charge in [0.05, 0.1) is 6.33 Å². The summed E-state index contributed by atoms with van der Waals surface area (Å²) in [5, 5.41) is 0. The highest BCUT2D eigenvalue weighted by Gasteiger charge is 2.52. The van der Waals surface area contributed by atoms with Gasteiger partial charge in [0.1, 0.15) is 18.9 Å². The van der Waals surface area contributed by atoms with Crippen molar-refractivity contribution in [2.75, 3.05) is 12.3 Å². The van der Waals surface area contributed by atoms with Gasteiger partial charge in [-0.2, -0.15) is 14.4 Å². The molecule has 2 N–H and O–H groups in total. The van der Waals surface area contributed by atoms with Crippen LogP contribution in [0.3, 0.4) is 0 Å². The Morgan fingerprint density at radius 1 is 1.10 bits per heavy atom. The van der Waals surface area contributed by atoms with E-state index in [0.29, 0.717) is 12.8 Å². The Morgan fingerprint density at radius 2 is 1.77 bits per heavy atom. The second kappa shape index (κ2) is 14.8. The van der Waals surface area contributed by atoms with E-state index in [1.165, 1.54) is 36.6 Å². The first-order valence-electron chi connectivity index (χ1n) is 14.0. The molecule has 3 rings (SSSR count). The summed E-state index contributed by atoms with van der Waals surface area (Å²) >= 11 is 0. The van der Waals surface area contributed by atoms with Gasteiger partial charge in [-0.15, -0.1) is 6.42 Å². The van der Waals surface area contributed by atoms with Crippen molar-refractivity contribution in [3.8, 4) is 12.3 Å². The molecule has 10 nitrogen and oxygen atoms in total. The number of fused-ring (bicyclic) bond motifs is 1. The molecule has 39 heavy (non-hydrogen) atoms. The van der Waals surface area contributed by atoms with Crippen LogP contribution in [0.25, 0.3) is 11.2 Å². The van der Waals surface area contributed by atoms with Gasteiger partial charge in [-0.05, 0) is 12.8 Å². The molecule has 2 aromatic rings. The molecule has 0 unspecified atom stereocenters. The van der Waals surface area contributed by atoms with E-state index >= 15 is 0 Å². The Labute approximate surface area is 229 Å². The Bertz CT molecular complexity index is 1150. The predicted molar refractivity (Wildman–Crippen MR) is 144 cm³/mol. The summed E-state index contributed by atoms with van der Waals surface area (Å²) in [6, 6.07) is 0. The van der Waals surface area contributed by atoms with E-state index in [1.54, 1.807) is 0 Å². The zero-order valence-corrected chi connectivity index (χ0v) is 23.0. The fourth-order valence-electron chi connectivity index (χ4n) is 4.67. The molecule has 0 aromatic carbocycles. The van der Waals surface area contributed by atoms with Crippen molar-refractivity contribution in [2.45, 2.75) is 115 Å². The third-order valence-electron chi connectivity index (χ3n) is 6.95. The van der Waals surface area contributed by atoms with Gasteiger partial charge in [-0.1, -0.05) is 71.1 Å². The number of aromatic nitrogens is 4. The van der Waals surface area contributed by atoms with Gasteiger partial charge in [-0.3, -0.25) is 14.2 Å². The first-order valence-corrected chi connectivity index (χ1v) is 14.0. The molecular formula is C28H40FN5O5. The average Bonchev–Trinajstić information content (AvgIpc) is 3.49. The van der Waals surface area contributed by atoms with Crippen molar-refractivity contribution in [3.63, 3.8) is 0 Å². The summed E-state index contributed by atoms with van der Waals surface area (Å²) in [4.78, 5) is 36.5. The number of anilines is 1. The van der Waals surface area contributed by atoms with Crippen LogP contribution in [0, 0.1) is 18.4 Å². The number of carbonyl (C=O) groups is 2. The molecule has 3 atom stereocenters. The molecule has 11 heteroatoms. The smallest absolute Gasteiger partial charge is 0.312 e. The van der Waals surface area contributed by atoms with Crippen LogP contribution in [0.15, 0.2) is 6.33 Å². The molecule has 1 fully saturated rings. The quantitative estimate of drug-likeness (QED) is 0.134. The lowest BCUT2D eigenvalue weighted by atomic mass is 9.98. The third kappa shape index (κ3) is 8.12. The second-order valence-corrected chi connectivity index (χ2v) is 10.0. The van der Waals surface area contributed by atoms with Gasteiger partial charge >= 0.3 is 18.0 Å². The van der Waals surface area contributed by atoms with E-state index in [2.05, 4.69) is 27.8 Å². The standard InChI is InChI=1S/C28H40FN5O5/c1-4-7-9-10-11-12-13-14-16-23(36)38-20-17-21(34-19-31-24-25(30)32-27(29)33-26(24)34)39-28(20,6-3)18-37-22(35)15-8-5-2/h3,19-21H,4-5,7-18H2,1-2H3,(H2,30,32,33)/t20-,21+,28+/m0/s1. The zero-order valence-electron chi connectivity index (χ0n) is 23.0. The SMILES string of the molecule is C#C[C@]1(COC(=O)CCCC)O[C@@H](n2cnc3c(N)nc(F)nc32)C[C@@H]1OC(=O)CCCCCCCCCC. The van der Waals surface area contributed by atoms with E-state index in [-0.39, 0.29) is 42.9 Å². The monoisotopic (exact) mass is 545 g/mol. The molecule has 1 aliphatic heterocycles. The van der Waals surface area contributed by atoms with Crippen molar-refractivity contribution in [2.24, 2.45) is 0 Å². The van der Waals surface area contributed by atoms with Crippen molar-refractivity contribution in [1.82, 2.24) is 19.5 Å². The fraction of sp³-hybridized carbons (Fsp3) is 0.679. The minimum Gasteiger partial charge on any atom is -0.461 e. The molecule has 3 heterocycles. The zero-order chi connectivity index (χ0) is 28.3. The van der Waals surface area contributed by atoms with E-state index in [0.717, 1.165) is 25.7 Å². The lowest BCUT2D eigenvalue weighted by Gasteiger charge is -2.28. The first-order chi connectivity index (χ1) is 18.8. The van der Waals surface area contributed by atoms with E-state index in [9.17, 15) is 14.0 Å². The van der Waals surface area contributed by atoms with Gasteiger partial charge in [0.15, 0.2) is 17.0 Å². The normalized spacial score (nSPS) is 20.7. The van der Waals surface area contributed by atoms with Crippen LogP contribution in [-0.2, 0) is 23.8 Å². The van der Waals surface area contributed by atoms with Crippen LogP contribution in [0.5, 0.6) is 0 Å². The van der Waals surface area contributed by atoms with E-state index in [4.69, 9.17) is 26.4 Å². The van der Waals surface area contributed by atoms with Gasteiger partial charge < -0.3 is 19.9 Å². The minimum atomic E-state index is -1.53. The van der Waals surface area contributed by atoms with E-state index < -0.39 is 35.9 Å². The van der Waals surface area contributed by atoms with Crippen LogP contribution in [0.2, 0.25) is 0 Å². The van der Waals surface area contributed by atoms with Crippen molar-refractivity contribution < 1.29 is 28.2 Å². The number of hydrogen-bond donors (Lipinski definition) is 1. The maximum Gasteiger partial charge on any atom is 0.312 e. The number of halogens is 1. The maximum absolute atomic E-state index is 13.9. The van der Waals surface area contributed by atoms with Crippen molar-refractivity contribution >= 4 is 28.9 Å². The van der Waals surface area contributed by atoms with Gasteiger partial charge in [-0.25, -0.2) is 4.98 Å². The maximum atomic E-state index is 13.9. The van der Waals surface area contributed by atoms with Gasteiger partial charge in [0, 0.05) is 19.3 Å². The largest absolute Gasteiger partial charge is 0.461 e. The van der Waals surface area contributed by atoms with Crippen LogP contribution in [-0.4, -0.2) is 49.8 Å². The van der Waals surface area contributed by atoms with Gasteiger partial charge in [0.25, 0.3) is 0 Å². The first kappa shape index (κ1) is 30.3. The minimum absolute atomic E-state index is 0.113. The number of nitrogens with zero attached hydrogens (tertiary/aromatic N) is 4. The summed E-state index contributed by atoms with van der Waals surface area (Å²) in [6.07, 6.45) is 15.5. The molecular weight excluding hydrogens is 505 g/mol. The Kier molecular flexibility index (Phi) is 11.5. The van der Waals surface area contributed by atoms with Crippen LogP contribution >= 0.6 is 0 Å². The Hall–Kier alpha value is -3.26. The summed E-state index contributed by atoms with van der Waals surface area (Å²) < 4.78 is 32.9. The number of rotatable bonds is 16. The highest BCUT2D eigenvalue weighted by Crippen LogP contribution is 2.40. The highest BCUT2D eigenvalue weighted by atomic mass is 19.1. The number of carbonyl (C=O) groups excluding carboxylic acids is 2. The fourth-order valence-corrected chi connectivity index (χ4v) is 4.67.